The van der Waals surface area contributed by atoms with Gasteiger partial charge < -0.3 is 20.1 Å². The van der Waals surface area contributed by atoms with E-state index in [1.807, 2.05) is 37.0 Å². The SMILES string of the molecule is CC1(C)CN1P(=O)(Nc1ccn([C@@H]2O[C@H](CO)[C@@H](O)[C@@H]2O)c(=O)n1)N1CC1(C)C. The fourth-order valence-electron chi connectivity index (χ4n) is 3.77. The van der Waals surface area contributed by atoms with Gasteiger partial charge in [0.25, 0.3) is 0 Å². The molecule has 0 radical (unpaired) electrons. The van der Waals surface area contributed by atoms with Crippen LogP contribution in [0.25, 0.3) is 0 Å². The van der Waals surface area contributed by atoms with E-state index in [0.717, 1.165) is 4.57 Å². The van der Waals surface area contributed by atoms with E-state index in [0.29, 0.717) is 13.1 Å². The van der Waals surface area contributed by atoms with Crippen LogP contribution in [0.1, 0.15) is 33.9 Å². The Hall–Kier alpha value is -1.33. The Labute approximate surface area is 168 Å². The molecule has 3 aliphatic heterocycles. The molecule has 4 N–H and O–H groups in total. The fraction of sp³-hybridized carbons (Fsp3) is 0.765. The van der Waals surface area contributed by atoms with Gasteiger partial charge in [-0.2, -0.15) is 4.98 Å². The molecule has 4 heterocycles. The van der Waals surface area contributed by atoms with Gasteiger partial charge in [-0.3, -0.25) is 14.2 Å². The molecule has 0 bridgehead atoms. The minimum atomic E-state index is -3.15. The van der Waals surface area contributed by atoms with Gasteiger partial charge >= 0.3 is 13.3 Å². The Kier molecular flexibility index (Phi) is 4.75. The molecule has 1 aromatic rings. The van der Waals surface area contributed by atoms with Crippen molar-refractivity contribution in [3.05, 3.63) is 22.7 Å². The number of hydrogen-bond acceptors (Lipinski definition) is 7. The summed E-state index contributed by atoms with van der Waals surface area (Å²) in [5.41, 5.74) is -1.13. The van der Waals surface area contributed by atoms with Crippen LogP contribution in [0.4, 0.5) is 5.82 Å². The molecule has 0 aliphatic carbocycles. The molecule has 3 aliphatic rings. The van der Waals surface area contributed by atoms with Crippen molar-refractivity contribution in [2.45, 2.75) is 63.3 Å². The van der Waals surface area contributed by atoms with Crippen LogP contribution in [0.15, 0.2) is 17.1 Å². The average Bonchev–Trinajstić information content (AvgIpc) is 3.46. The van der Waals surface area contributed by atoms with Gasteiger partial charge in [0.2, 0.25) is 0 Å². The second kappa shape index (κ2) is 6.58. The number of anilines is 1. The lowest BCUT2D eigenvalue weighted by Gasteiger charge is -2.26. The highest BCUT2D eigenvalue weighted by Crippen LogP contribution is 2.68. The first kappa shape index (κ1) is 20.9. The molecule has 3 fully saturated rings. The zero-order valence-corrected chi connectivity index (χ0v) is 17.8. The lowest BCUT2D eigenvalue weighted by molar-refractivity contribution is -0.0549. The average molecular weight is 429 g/mol. The van der Waals surface area contributed by atoms with E-state index in [1.165, 1.54) is 12.3 Å². The molecule has 162 valence electrons. The summed E-state index contributed by atoms with van der Waals surface area (Å²) in [6, 6.07) is 1.48. The van der Waals surface area contributed by atoms with Crippen LogP contribution in [0, 0.1) is 0 Å². The number of aromatic nitrogens is 2. The highest BCUT2D eigenvalue weighted by atomic mass is 31.2. The Balaban J connectivity index is 1.58. The van der Waals surface area contributed by atoms with Crippen molar-refractivity contribution in [2.24, 2.45) is 0 Å². The number of aliphatic hydroxyl groups excluding tert-OH is 3. The lowest BCUT2D eigenvalue weighted by Crippen LogP contribution is -2.36. The number of nitrogens with one attached hydrogen (secondary N) is 1. The normalized spacial score (nSPS) is 39.0. The van der Waals surface area contributed by atoms with Gasteiger partial charge in [0.15, 0.2) is 6.23 Å². The second-order valence-corrected chi connectivity index (χ2v) is 11.4. The van der Waals surface area contributed by atoms with Crippen LogP contribution in [0.3, 0.4) is 0 Å². The van der Waals surface area contributed by atoms with E-state index in [4.69, 9.17) is 4.74 Å². The van der Waals surface area contributed by atoms with Crippen molar-refractivity contribution in [1.82, 2.24) is 18.9 Å². The van der Waals surface area contributed by atoms with Crippen LogP contribution in [0.2, 0.25) is 0 Å². The maximum Gasteiger partial charge on any atom is 0.351 e. The summed E-state index contributed by atoms with van der Waals surface area (Å²) < 4.78 is 24.0. The van der Waals surface area contributed by atoms with Gasteiger partial charge in [-0.1, -0.05) is 0 Å². The molecule has 0 aromatic carbocycles. The molecule has 12 heteroatoms. The predicted octanol–water partition coefficient (Wildman–Crippen LogP) is -0.437. The Bertz CT molecular complexity index is 894. The van der Waals surface area contributed by atoms with Crippen molar-refractivity contribution in [3.63, 3.8) is 0 Å². The number of hydrogen-bond donors (Lipinski definition) is 4. The largest absolute Gasteiger partial charge is 0.394 e. The van der Waals surface area contributed by atoms with Crippen molar-refractivity contribution in [1.29, 1.82) is 0 Å². The molecule has 0 spiro atoms. The Morgan fingerprint density at radius 3 is 2.17 bits per heavy atom. The molecular formula is C17H28N5O6P. The van der Waals surface area contributed by atoms with Crippen molar-refractivity contribution < 1.29 is 24.6 Å². The summed E-state index contributed by atoms with van der Waals surface area (Å²) >= 11 is 0. The first-order valence-electron chi connectivity index (χ1n) is 9.57. The predicted molar refractivity (Wildman–Crippen MR) is 104 cm³/mol. The minimum absolute atomic E-state index is 0.159. The summed E-state index contributed by atoms with van der Waals surface area (Å²) in [4.78, 5) is 16.5. The van der Waals surface area contributed by atoms with Crippen LogP contribution < -0.4 is 10.8 Å². The van der Waals surface area contributed by atoms with Gasteiger partial charge in [-0.15, -0.1) is 0 Å². The Morgan fingerprint density at radius 2 is 1.76 bits per heavy atom. The number of nitrogens with zero attached hydrogens (tertiary/aromatic N) is 4. The van der Waals surface area contributed by atoms with Crippen molar-refractivity contribution >= 4 is 13.4 Å². The van der Waals surface area contributed by atoms with E-state index in [9.17, 15) is 24.7 Å². The number of aliphatic hydroxyl groups is 3. The van der Waals surface area contributed by atoms with Gasteiger partial charge in [0.05, 0.1) is 6.61 Å². The first-order valence-corrected chi connectivity index (χ1v) is 11.2. The first-order chi connectivity index (χ1) is 13.4. The highest BCUT2D eigenvalue weighted by molar-refractivity contribution is 7.61. The molecule has 4 rings (SSSR count). The molecular weight excluding hydrogens is 401 g/mol. The molecule has 6 atom stereocenters. The van der Waals surface area contributed by atoms with E-state index in [1.54, 1.807) is 0 Å². The van der Waals surface area contributed by atoms with Crippen LogP contribution in [-0.2, 0) is 9.30 Å². The monoisotopic (exact) mass is 429 g/mol. The van der Waals surface area contributed by atoms with Crippen LogP contribution in [0.5, 0.6) is 0 Å². The maximum atomic E-state index is 13.8. The van der Waals surface area contributed by atoms with Gasteiger partial charge in [0, 0.05) is 30.4 Å². The summed E-state index contributed by atoms with van der Waals surface area (Å²) in [5.74, 6) is 0.159. The third kappa shape index (κ3) is 3.44. The van der Waals surface area contributed by atoms with Crippen molar-refractivity contribution in [2.75, 3.05) is 24.8 Å². The quantitative estimate of drug-likeness (QED) is 0.348. The summed E-state index contributed by atoms with van der Waals surface area (Å²) in [7, 11) is -3.15. The van der Waals surface area contributed by atoms with E-state index >= 15 is 0 Å². The standard InChI is InChI=1S/C17H28N5O6P/c1-16(2)8-21(16)29(27,22-9-17(22,3)4)19-11-5-6-20(15(26)18-11)14-13(25)12(24)10(7-23)28-14/h5-6,10,12-14,23-25H,7-9H2,1-4H3,(H,18,19,26,27)/t10-,12-,13+,14-,21?,22?,29?/m1/s1. The van der Waals surface area contributed by atoms with Gasteiger partial charge in [-0.05, 0) is 33.8 Å². The van der Waals surface area contributed by atoms with E-state index in [-0.39, 0.29) is 16.9 Å². The zero-order chi connectivity index (χ0) is 21.4. The van der Waals surface area contributed by atoms with Gasteiger partial charge in [0.1, 0.15) is 24.1 Å². The number of ether oxygens (including phenoxy) is 1. The third-order valence-electron chi connectivity index (χ3n) is 5.80. The molecule has 1 aromatic heterocycles. The minimum Gasteiger partial charge on any atom is -0.394 e. The molecule has 29 heavy (non-hydrogen) atoms. The van der Waals surface area contributed by atoms with Crippen LogP contribution in [-0.4, -0.2) is 83.3 Å². The Morgan fingerprint density at radius 1 is 1.21 bits per heavy atom. The topological polar surface area (TPSA) is 140 Å². The second-order valence-electron chi connectivity index (χ2n) is 9.13. The smallest absolute Gasteiger partial charge is 0.351 e. The molecule has 11 nitrogen and oxygen atoms in total. The zero-order valence-electron chi connectivity index (χ0n) is 16.9. The molecule has 2 unspecified atom stereocenters. The summed E-state index contributed by atoms with van der Waals surface area (Å²) in [6.07, 6.45) is -3.49. The summed E-state index contributed by atoms with van der Waals surface area (Å²) in [5, 5.41) is 32.2. The summed E-state index contributed by atoms with van der Waals surface area (Å²) in [6.45, 7) is 8.87. The van der Waals surface area contributed by atoms with Gasteiger partial charge in [-0.25, -0.2) is 14.1 Å². The van der Waals surface area contributed by atoms with E-state index < -0.39 is 44.4 Å². The third-order valence-corrected chi connectivity index (χ3v) is 8.99. The fourth-order valence-corrected chi connectivity index (χ4v) is 7.23. The molecule has 0 saturated carbocycles. The highest BCUT2D eigenvalue weighted by Gasteiger charge is 2.64. The number of rotatable bonds is 6. The lowest BCUT2D eigenvalue weighted by atomic mass is 10.1. The van der Waals surface area contributed by atoms with Crippen LogP contribution >= 0.6 is 7.59 Å². The maximum absolute atomic E-state index is 13.8. The molecule has 3 saturated heterocycles. The van der Waals surface area contributed by atoms with Crippen molar-refractivity contribution in [3.8, 4) is 0 Å². The van der Waals surface area contributed by atoms with E-state index in [2.05, 4.69) is 10.1 Å². The molecule has 0 amide bonds.